The highest BCUT2D eigenvalue weighted by Gasteiger charge is 2.61. The van der Waals surface area contributed by atoms with Gasteiger partial charge in [-0.25, -0.2) is 4.98 Å². The van der Waals surface area contributed by atoms with Gasteiger partial charge in [0, 0.05) is 16.9 Å². The van der Waals surface area contributed by atoms with Crippen molar-refractivity contribution in [3.8, 4) is 11.1 Å². The number of carbonyl (C=O) groups is 1. The Bertz CT molecular complexity index is 1110. The predicted octanol–water partition coefficient (Wildman–Crippen LogP) is 5.69. The van der Waals surface area contributed by atoms with Gasteiger partial charge in [-0.3, -0.25) is 4.79 Å². The molecule has 1 saturated carbocycles. The highest BCUT2D eigenvalue weighted by Crippen LogP contribution is 2.66. The summed E-state index contributed by atoms with van der Waals surface area (Å²) in [7, 11) is 0. The molecule has 0 aliphatic heterocycles. The molecule has 0 N–H and O–H groups in total. The number of hydrogen-bond acceptors (Lipinski definition) is 5. The first-order chi connectivity index (χ1) is 14.4. The zero-order valence-electron chi connectivity index (χ0n) is 17.6. The molecule has 30 heavy (non-hydrogen) atoms. The van der Waals surface area contributed by atoms with Gasteiger partial charge in [0.25, 0.3) is 0 Å². The molecule has 0 amide bonds. The Balaban J connectivity index is 1.29. The molecule has 0 spiro atoms. The van der Waals surface area contributed by atoms with E-state index in [1.165, 1.54) is 11.8 Å². The number of Topliss-reactive ketones (excluding diaryl/α,β-unsaturated/α-hetero) is 1. The number of thioether (sulfide) groups is 1. The third-order valence-corrected chi connectivity index (χ3v) is 8.26. The summed E-state index contributed by atoms with van der Waals surface area (Å²) in [6.45, 7) is 6.95. The third kappa shape index (κ3) is 2.90. The second kappa shape index (κ2) is 7.02. The highest BCUT2D eigenvalue weighted by atomic mass is 32.2. The Morgan fingerprint density at radius 3 is 2.43 bits per heavy atom. The number of nitrogens with zero attached hydrogens (tertiary/aromatic N) is 3. The van der Waals surface area contributed by atoms with Gasteiger partial charge in [0.1, 0.15) is 0 Å². The van der Waals surface area contributed by atoms with Crippen LogP contribution in [0.1, 0.15) is 61.3 Å². The Morgan fingerprint density at radius 2 is 1.70 bits per heavy atom. The van der Waals surface area contributed by atoms with E-state index >= 15 is 0 Å². The molecule has 1 heterocycles. The van der Waals surface area contributed by atoms with E-state index in [2.05, 4.69) is 43.1 Å². The zero-order chi connectivity index (χ0) is 20.9. The molecule has 4 nitrogen and oxygen atoms in total. The number of ketones is 1. The SMILES string of the molecule is CC1(C)[C@@H]2CC[C@]1(C)c1nc(SCC(=O)c3ccc(-c4ccccc4)cc3)nnc12. The summed E-state index contributed by atoms with van der Waals surface area (Å²) < 4.78 is 0. The minimum Gasteiger partial charge on any atom is -0.293 e. The molecule has 5 rings (SSSR count). The molecular formula is C25H25N3OS. The van der Waals surface area contributed by atoms with Crippen LogP contribution in [0.2, 0.25) is 0 Å². The lowest BCUT2D eigenvalue weighted by Crippen LogP contribution is -2.32. The molecule has 2 aromatic carbocycles. The van der Waals surface area contributed by atoms with Gasteiger partial charge >= 0.3 is 0 Å². The van der Waals surface area contributed by atoms with E-state index in [0.29, 0.717) is 22.4 Å². The largest absolute Gasteiger partial charge is 0.293 e. The lowest BCUT2D eigenvalue weighted by molar-refractivity contribution is 0.102. The Morgan fingerprint density at radius 1 is 1.00 bits per heavy atom. The fourth-order valence-electron chi connectivity index (χ4n) is 5.12. The Kier molecular flexibility index (Phi) is 4.55. The molecule has 1 aromatic heterocycles. The summed E-state index contributed by atoms with van der Waals surface area (Å²) in [5, 5.41) is 9.47. The van der Waals surface area contributed by atoms with E-state index < -0.39 is 0 Å². The Labute approximate surface area is 181 Å². The van der Waals surface area contributed by atoms with Crippen LogP contribution in [0, 0.1) is 5.41 Å². The third-order valence-electron chi connectivity index (χ3n) is 7.42. The first kappa shape index (κ1) is 19.4. The number of carbonyl (C=O) groups excluding carboxylic acids is 1. The van der Waals surface area contributed by atoms with Crippen molar-refractivity contribution in [2.75, 3.05) is 5.75 Å². The van der Waals surface area contributed by atoms with E-state index in [1.807, 2.05) is 42.5 Å². The fraction of sp³-hybridized carbons (Fsp3) is 0.360. The Hall–Kier alpha value is -2.53. The van der Waals surface area contributed by atoms with Crippen molar-refractivity contribution in [2.24, 2.45) is 5.41 Å². The summed E-state index contributed by atoms with van der Waals surface area (Å²) in [5.41, 5.74) is 5.35. The van der Waals surface area contributed by atoms with Gasteiger partial charge in [-0.05, 0) is 29.4 Å². The summed E-state index contributed by atoms with van der Waals surface area (Å²) >= 11 is 1.38. The van der Waals surface area contributed by atoms with Gasteiger partial charge in [0.15, 0.2) is 5.78 Å². The van der Waals surface area contributed by atoms with E-state index in [1.54, 1.807) is 0 Å². The van der Waals surface area contributed by atoms with Gasteiger partial charge in [0.05, 0.1) is 17.1 Å². The quantitative estimate of drug-likeness (QED) is 0.396. The van der Waals surface area contributed by atoms with E-state index in [4.69, 9.17) is 4.98 Å². The molecule has 152 valence electrons. The number of benzene rings is 2. The summed E-state index contributed by atoms with van der Waals surface area (Å²) in [5.74, 6) is 0.840. The van der Waals surface area contributed by atoms with Crippen molar-refractivity contribution in [2.45, 2.75) is 50.1 Å². The molecule has 0 saturated heterocycles. The van der Waals surface area contributed by atoms with Gasteiger partial charge in [-0.2, -0.15) is 5.10 Å². The van der Waals surface area contributed by atoms with Crippen LogP contribution in [0.25, 0.3) is 11.1 Å². The van der Waals surface area contributed by atoms with Crippen molar-refractivity contribution in [3.63, 3.8) is 0 Å². The van der Waals surface area contributed by atoms with Crippen LogP contribution >= 0.6 is 11.8 Å². The molecule has 5 heteroatoms. The molecule has 3 aromatic rings. The number of rotatable bonds is 5. The topological polar surface area (TPSA) is 55.7 Å². The predicted molar refractivity (Wildman–Crippen MR) is 120 cm³/mol. The van der Waals surface area contributed by atoms with Crippen LogP contribution in [0.4, 0.5) is 0 Å². The normalized spacial score (nSPS) is 23.4. The van der Waals surface area contributed by atoms with E-state index in [0.717, 1.165) is 35.4 Å². The maximum atomic E-state index is 12.7. The van der Waals surface area contributed by atoms with Crippen LogP contribution in [0.5, 0.6) is 0 Å². The average molecular weight is 416 g/mol. The standard InChI is InChI=1S/C25H25N3OS/c1-24(2)19-13-14-25(24,3)22-21(19)27-28-23(26-22)30-15-20(29)18-11-9-17(10-12-18)16-7-5-4-6-8-16/h4-12,19H,13-15H2,1-3H3/t19-,25-/m1/s1. The molecule has 1 fully saturated rings. The van der Waals surface area contributed by atoms with Crippen molar-refractivity contribution < 1.29 is 4.79 Å². The lowest BCUT2D eigenvalue weighted by Gasteiger charge is -2.33. The first-order valence-corrected chi connectivity index (χ1v) is 11.5. The second-order valence-electron chi connectivity index (χ2n) is 9.13. The number of aromatic nitrogens is 3. The van der Waals surface area contributed by atoms with Gasteiger partial charge in [-0.1, -0.05) is 87.1 Å². The van der Waals surface area contributed by atoms with E-state index in [9.17, 15) is 4.79 Å². The molecule has 2 bridgehead atoms. The van der Waals surface area contributed by atoms with Crippen molar-refractivity contribution in [1.82, 2.24) is 15.2 Å². The van der Waals surface area contributed by atoms with Crippen molar-refractivity contribution in [3.05, 3.63) is 71.5 Å². The molecular weight excluding hydrogens is 390 g/mol. The van der Waals surface area contributed by atoms with Crippen molar-refractivity contribution in [1.29, 1.82) is 0 Å². The van der Waals surface area contributed by atoms with Crippen LogP contribution in [0.15, 0.2) is 59.8 Å². The zero-order valence-corrected chi connectivity index (χ0v) is 18.4. The molecule has 2 aliphatic carbocycles. The van der Waals surface area contributed by atoms with Crippen molar-refractivity contribution >= 4 is 17.5 Å². The molecule has 2 atom stereocenters. The highest BCUT2D eigenvalue weighted by molar-refractivity contribution is 7.99. The molecule has 2 aliphatic rings. The fourth-order valence-corrected chi connectivity index (χ4v) is 5.80. The first-order valence-electron chi connectivity index (χ1n) is 10.5. The monoisotopic (exact) mass is 415 g/mol. The molecule has 0 unspecified atom stereocenters. The minimum atomic E-state index is 0.0511. The smallest absolute Gasteiger partial charge is 0.209 e. The minimum absolute atomic E-state index is 0.0511. The van der Waals surface area contributed by atoms with Crippen LogP contribution in [0.3, 0.4) is 0 Å². The summed E-state index contributed by atoms with van der Waals surface area (Å²) in [6, 6.07) is 18.0. The maximum absolute atomic E-state index is 12.7. The van der Waals surface area contributed by atoms with E-state index in [-0.39, 0.29) is 16.6 Å². The summed E-state index contributed by atoms with van der Waals surface area (Å²) in [4.78, 5) is 17.6. The maximum Gasteiger partial charge on any atom is 0.209 e. The second-order valence-corrected chi connectivity index (χ2v) is 10.1. The van der Waals surface area contributed by atoms with Gasteiger partial charge in [0.2, 0.25) is 5.16 Å². The summed E-state index contributed by atoms with van der Waals surface area (Å²) in [6.07, 6.45) is 2.31. The lowest BCUT2D eigenvalue weighted by atomic mass is 9.70. The van der Waals surface area contributed by atoms with Gasteiger partial charge < -0.3 is 0 Å². The number of hydrogen-bond donors (Lipinski definition) is 0. The van der Waals surface area contributed by atoms with Crippen LogP contribution < -0.4 is 0 Å². The van der Waals surface area contributed by atoms with Crippen LogP contribution in [-0.4, -0.2) is 26.7 Å². The van der Waals surface area contributed by atoms with Crippen LogP contribution in [-0.2, 0) is 5.41 Å². The molecule has 0 radical (unpaired) electrons. The average Bonchev–Trinajstić information content (AvgIpc) is 3.11. The number of fused-ring (bicyclic) bond motifs is 5. The van der Waals surface area contributed by atoms with Gasteiger partial charge in [-0.15, -0.1) is 5.10 Å².